The van der Waals surface area contributed by atoms with Crippen LogP contribution in [0.5, 0.6) is 0 Å². The first kappa shape index (κ1) is 11.6. The van der Waals surface area contributed by atoms with Gasteiger partial charge in [0.1, 0.15) is 0 Å². The minimum atomic E-state index is -4.48. The van der Waals surface area contributed by atoms with Crippen molar-refractivity contribution in [2.75, 3.05) is 5.73 Å². The van der Waals surface area contributed by atoms with Crippen molar-refractivity contribution in [3.8, 4) is 5.69 Å². The Morgan fingerprint density at radius 2 is 1.94 bits per heavy atom. The minimum absolute atomic E-state index is 0.0131. The molecule has 90 valence electrons. The number of nitrogens with two attached hydrogens (primary N) is 1. The van der Waals surface area contributed by atoms with Gasteiger partial charge in [-0.1, -0.05) is 12.1 Å². The molecular weight excluding hydrogens is 253 g/mol. The van der Waals surface area contributed by atoms with Gasteiger partial charge in [0, 0.05) is 0 Å². The molecule has 1 aromatic carbocycles. The van der Waals surface area contributed by atoms with Crippen molar-refractivity contribution in [3.05, 3.63) is 34.6 Å². The van der Waals surface area contributed by atoms with Gasteiger partial charge in [0.15, 0.2) is 0 Å². The Balaban J connectivity index is 2.73. The average molecular weight is 260 g/mol. The monoisotopic (exact) mass is 260 g/mol. The van der Waals surface area contributed by atoms with Crippen LogP contribution in [-0.2, 0) is 6.18 Å². The van der Waals surface area contributed by atoms with E-state index in [2.05, 4.69) is 10.2 Å². The highest BCUT2D eigenvalue weighted by atomic mass is 32.1. The van der Waals surface area contributed by atoms with Crippen LogP contribution in [0.2, 0.25) is 0 Å². The Labute approximate surface area is 98.9 Å². The summed E-state index contributed by atoms with van der Waals surface area (Å²) >= 11 is 4.83. The number of H-pyrrole nitrogens is 1. The van der Waals surface area contributed by atoms with E-state index in [1.807, 2.05) is 0 Å². The summed E-state index contributed by atoms with van der Waals surface area (Å²) in [6.45, 7) is 0. The molecule has 1 heterocycles. The molecular formula is C9H7F3N4S. The molecule has 0 aliphatic rings. The summed E-state index contributed by atoms with van der Waals surface area (Å²) in [5, 5.41) is 5.91. The number of alkyl halides is 3. The van der Waals surface area contributed by atoms with Crippen molar-refractivity contribution in [2.24, 2.45) is 0 Å². The molecule has 0 atom stereocenters. The number of nitrogens with one attached hydrogen (secondary N) is 1. The van der Waals surface area contributed by atoms with E-state index in [-0.39, 0.29) is 16.4 Å². The molecule has 2 aromatic rings. The van der Waals surface area contributed by atoms with Crippen LogP contribution in [0.3, 0.4) is 0 Å². The van der Waals surface area contributed by atoms with Crippen LogP contribution < -0.4 is 5.73 Å². The molecule has 0 saturated carbocycles. The summed E-state index contributed by atoms with van der Waals surface area (Å²) in [6.07, 6.45) is -4.48. The van der Waals surface area contributed by atoms with Crippen LogP contribution in [-0.4, -0.2) is 14.8 Å². The van der Waals surface area contributed by atoms with Crippen molar-refractivity contribution in [1.29, 1.82) is 0 Å². The second kappa shape index (κ2) is 3.88. The second-order valence-corrected chi connectivity index (χ2v) is 3.62. The minimum Gasteiger partial charge on any atom is -0.368 e. The number of para-hydroxylation sites is 1. The summed E-state index contributed by atoms with van der Waals surface area (Å²) in [7, 11) is 0. The molecule has 2 rings (SSSR count). The van der Waals surface area contributed by atoms with E-state index in [0.29, 0.717) is 0 Å². The Kier molecular flexibility index (Phi) is 2.66. The van der Waals surface area contributed by atoms with E-state index in [1.54, 1.807) is 0 Å². The van der Waals surface area contributed by atoms with Gasteiger partial charge < -0.3 is 5.73 Å². The quantitative estimate of drug-likeness (QED) is 0.774. The molecule has 0 spiro atoms. The fraction of sp³-hybridized carbons (Fsp3) is 0.111. The van der Waals surface area contributed by atoms with E-state index < -0.39 is 11.7 Å². The normalized spacial score (nSPS) is 11.7. The molecule has 0 radical (unpaired) electrons. The third-order valence-corrected chi connectivity index (χ3v) is 2.42. The second-order valence-electron chi connectivity index (χ2n) is 3.24. The number of hydrogen-bond donors (Lipinski definition) is 2. The molecule has 1 aromatic heterocycles. The van der Waals surface area contributed by atoms with Gasteiger partial charge in [0.2, 0.25) is 10.7 Å². The maximum Gasteiger partial charge on any atom is 0.418 e. The fourth-order valence-corrected chi connectivity index (χ4v) is 1.69. The van der Waals surface area contributed by atoms with Crippen LogP contribution >= 0.6 is 12.2 Å². The number of halogens is 3. The summed E-state index contributed by atoms with van der Waals surface area (Å²) in [4.78, 5) is 0. The number of benzene rings is 1. The number of nitrogens with zero attached hydrogens (tertiary/aromatic N) is 2. The van der Waals surface area contributed by atoms with Crippen molar-refractivity contribution in [3.63, 3.8) is 0 Å². The van der Waals surface area contributed by atoms with Crippen molar-refractivity contribution >= 4 is 18.2 Å². The predicted octanol–water partition coefficient (Wildman–Crippen LogP) is 2.53. The number of aromatic amines is 1. The zero-order valence-corrected chi connectivity index (χ0v) is 9.14. The van der Waals surface area contributed by atoms with Crippen LogP contribution in [0, 0.1) is 4.77 Å². The van der Waals surface area contributed by atoms with Crippen molar-refractivity contribution in [2.45, 2.75) is 6.18 Å². The molecule has 17 heavy (non-hydrogen) atoms. The van der Waals surface area contributed by atoms with Crippen LogP contribution in [0.25, 0.3) is 5.69 Å². The first-order chi connectivity index (χ1) is 7.91. The lowest BCUT2D eigenvalue weighted by Gasteiger charge is -2.13. The molecule has 0 saturated heterocycles. The summed E-state index contributed by atoms with van der Waals surface area (Å²) in [6, 6.07) is 5.01. The van der Waals surface area contributed by atoms with E-state index >= 15 is 0 Å². The molecule has 0 aliphatic carbocycles. The maximum atomic E-state index is 12.8. The molecule has 0 bridgehead atoms. The number of nitrogen functional groups attached to an aromatic ring is 1. The molecule has 3 N–H and O–H groups in total. The van der Waals surface area contributed by atoms with E-state index in [0.717, 1.165) is 10.6 Å². The highest BCUT2D eigenvalue weighted by Crippen LogP contribution is 2.34. The maximum absolute atomic E-state index is 12.8. The Morgan fingerprint density at radius 3 is 2.47 bits per heavy atom. The Hall–Kier alpha value is -1.83. The van der Waals surface area contributed by atoms with Gasteiger partial charge >= 0.3 is 6.18 Å². The third kappa shape index (κ3) is 2.03. The van der Waals surface area contributed by atoms with Crippen molar-refractivity contribution in [1.82, 2.24) is 14.8 Å². The lowest BCUT2D eigenvalue weighted by atomic mass is 10.1. The lowest BCUT2D eigenvalue weighted by Crippen LogP contribution is -2.12. The van der Waals surface area contributed by atoms with Crippen LogP contribution in [0.4, 0.5) is 19.1 Å². The first-order valence-electron chi connectivity index (χ1n) is 4.51. The van der Waals surface area contributed by atoms with Gasteiger partial charge in [-0.15, -0.1) is 5.10 Å². The zero-order chi connectivity index (χ0) is 12.6. The molecule has 0 aliphatic heterocycles. The predicted molar refractivity (Wildman–Crippen MR) is 58.2 cm³/mol. The van der Waals surface area contributed by atoms with Gasteiger partial charge in [-0.3, -0.25) is 4.57 Å². The summed E-state index contributed by atoms with van der Waals surface area (Å²) < 4.78 is 39.4. The summed E-state index contributed by atoms with van der Waals surface area (Å²) in [5.74, 6) is -0.119. The standard InChI is InChI=1S/C9H7F3N4S/c10-9(11,12)5-3-1-2-4-6(5)16-7(13)14-15-8(16)17/h1-4H,(H2,13,14)(H,15,17). The van der Waals surface area contributed by atoms with Crippen LogP contribution in [0.15, 0.2) is 24.3 Å². The lowest BCUT2D eigenvalue weighted by molar-refractivity contribution is -0.137. The van der Waals surface area contributed by atoms with E-state index in [1.165, 1.54) is 18.2 Å². The van der Waals surface area contributed by atoms with Gasteiger partial charge in [-0.05, 0) is 24.4 Å². The molecule has 0 fully saturated rings. The zero-order valence-electron chi connectivity index (χ0n) is 8.32. The van der Waals surface area contributed by atoms with Crippen LogP contribution in [0.1, 0.15) is 5.56 Å². The number of hydrogen-bond acceptors (Lipinski definition) is 3. The van der Waals surface area contributed by atoms with Crippen molar-refractivity contribution < 1.29 is 13.2 Å². The topological polar surface area (TPSA) is 59.6 Å². The number of aromatic nitrogens is 3. The highest BCUT2D eigenvalue weighted by molar-refractivity contribution is 7.71. The Bertz CT molecular complexity index is 599. The third-order valence-electron chi connectivity index (χ3n) is 2.15. The Morgan fingerprint density at radius 1 is 1.29 bits per heavy atom. The van der Waals surface area contributed by atoms with E-state index in [4.69, 9.17) is 18.0 Å². The largest absolute Gasteiger partial charge is 0.418 e. The SMILES string of the molecule is Nc1n[nH]c(=S)n1-c1ccccc1C(F)(F)F. The first-order valence-corrected chi connectivity index (χ1v) is 4.91. The molecule has 0 unspecified atom stereocenters. The molecule has 4 nitrogen and oxygen atoms in total. The van der Waals surface area contributed by atoms with Gasteiger partial charge in [0.05, 0.1) is 11.3 Å². The fourth-order valence-electron chi connectivity index (χ4n) is 1.45. The van der Waals surface area contributed by atoms with E-state index in [9.17, 15) is 13.2 Å². The molecule has 0 amide bonds. The smallest absolute Gasteiger partial charge is 0.368 e. The molecule has 8 heteroatoms. The number of rotatable bonds is 1. The number of anilines is 1. The van der Waals surface area contributed by atoms with Gasteiger partial charge in [0.25, 0.3) is 0 Å². The average Bonchev–Trinajstić information content (AvgIpc) is 2.57. The van der Waals surface area contributed by atoms with Gasteiger partial charge in [-0.2, -0.15) is 13.2 Å². The highest BCUT2D eigenvalue weighted by Gasteiger charge is 2.34. The van der Waals surface area contributed by atoms with Gasteiger partial charge in [-0.25, -0.2) is 5.10 Å². The summed E-state index contributed by atoms with van der Waals surface area (Å²) in [5.41, 5.74) is 4.51.